The predicted octanol–water partition coefficient (Wildman–Crippen LogP) is 2.97. The van der Waals surface area contributed by atoms with Gasteiger partial charge in [-0.25, -0.2) is 0 Å². The number of aryl methyl sites for hydroxylation is 1. The van der Waals surface area contributed by atoms with Crippen molar-refractivity contribution in [3.63, 3.8) is 0 Å². The molecule has 0 aliphatic heterocycles. The van der Waals surface area contributed by atoms with Crippen LogP contribution in [0.2, 0.25) is 5.02 Å². The molecule has 2 aromatic rings. The summed E-state index contributed by atoms with van der Waals surface area (Å²) in [5.41, 5.74) is 0.715. The van der Waals surface area contributed by atoms with E-state index in [0.29, 0.717) is 22.0 Å². The molecular formula is C14H12ClNO4. The highest BCUT2D eigenvalue weighted by molar-refractivity contribution is 6.31. The number of hydrogen-bond donors (Lipinski definition) is 1. The van der Waals surface area contributed by atoms with Crippen molar-refractivity contribution in [2.75, 3.05) is 11.4 Å². The molecule has 0 fully saturated rings. The summed E-state index contributed by atoms with van der Waals surface area (Å²) < 4.78 is 5.08. The first-order chi connectivity index (χ1) is 9.47. The number of carboxylic acid groups (broad SMARTS) is 1. The van der Waals surface area contributed by atoms with E-state index < -0.39 is 18.4 Å². The average Bonchev–Trinajstić information content (AvgIpc) is 2.81. The lowest BCUT2D eigenvalue weighted by molar-refractivity contribution is -0.135. The molecule has 6 heteroatoms. The predicted molar refractivity (Wildman–Crippen MR) is 74.2 cm³/mol. The maximum atomic E-state index is 12.4. The average molecular weight is 294 g/mol. The highest BCUT2D eigenvalue weighted by atomic mass is 35.5. The molecule has 1 aromatic carbocycles. The second-order valence-corrected chi connectivity index (χ2v) is 4.65. The lowest BCUT2D eigenvalue weighted by Gasteiger charge is -2.20. The lowest BCUT2D eigenvalue weighted by atomic mass is 10.2. The molecule has 20 heavy (non-hydrogen) atoms. The van der Waals surface area contributed by atoms with E-state index in [-0.39, 0.29) is 0 Å². The van der Waals surface area contributed by atoms with E-state index in [1.54, 1.807) is 31.2 Å². The summed E-state index contributed by atoms with van der Waals surface area (Å²) in [6.07, 6.45) is 1.30. The molecule has 104 valence electrons. The van der Waals surface area contributed by atoms with Crippen LogP contribution in [-0.4, -0.2) is 23.5 Å². The van der Waals surface area contributed by atoms with Gasteiger partial charge in [0, 0.05) is 10.7 Å². The molecule has 0 radical (unpaired) electrons. The van der Waals surface area contributed by atoms with Crippen molar-refractivity contribution in [2.24, 2.45) is 0 Å². The van der Waals surface area contributed by atoms with E-state index in [4.69, 9.17) is 21.1 Å². The van der Waals surface area contributed by atoms with Crippen LogP contribution in [0.5, 0.6) is 0 Å². The maximum absolute atomic E-state index is 12.4. The van der Waals surface area contributed by atoms with Crippen LogP contribution >= 0.6 is 11.6 Å². The molecule has 0 aliphatic carbocycles. The molecular weight excluding hydrogens is 282 g/mol. The van der Waals surface area contributed by atoms with Gasteiger partial charge in [0.05, 0.1) is 5.56 Å². The van der Waals surface area contributed by atoms with Gasteiger partial charge in [0.15, 0.2) is 0 Å². The number of anilines is 1. The maximum Gasteiger partial charge on any atom is 0.323 e. The standard InChI is InChI=1S/C14H12ClNO4/c1-9-5-10(8-20-9)14(19)16(7-13(17)18)12-4-2-3-11(15)6-12/h2-6,8H,7H2,1H3,(H,17,18). The number of carboxylic acids is 1. The molecule has 0 saturated heterocycles. The van der Waals surface area contributed by atoms with Crippen LogP contribution < -0.4 is 4.90 Å². The van der Waals surface area contributed by atoms with Crippen molar-refractivity contribution in [3.8, 4) is 0 Å². The summed E-state index contributed by atoms with van der Waals surface area (Å²) in [7, 11) is 0. The number of carbonyl (C=O) groups excluding carboxylic acids is 1. The van der Waals surface area contributed by atoms with E-state index in [1.165, 1.54) is 12.3 Å². The molecule has 1 aromatic heterocycles. The second kappa shape index (κ2) is 5.79. The highest BCUT2D eigenvalue weighted by Crippen LogP contribution is 2.22. The van der Waals surface area contributed by atoms with E-state index in [0.717, 1.165) is 4.90 Å². The first-order valence-corrected chi connectivity index (χ1v) is 6.19. The highest BCUT2D eigenvalue weighted by Gasteiger charge is 2.22. The largest absolute Gasteiger partial charge is 0.480 e. The number of hydrogen-bond acceptors (Lipinski definition) is 3. The zero-order chi connectivity index (χ0) is 14.7. The number of halogens is 1. The fourth-order valence-corrected chi connectivity index (χ4v) is 1.96. The van der Waals surface area contributed by atoms with Gasteiger partial charge in [-0.05, 0) is 31.2 Å². The van der Waals surface area contributed by atoms with Crippen molar-refractivity contribution >= 4 is 29.2 Å². The van der Waals surface area contributed by atoms with Crippen molar-refractivity contribution in [1.29, 1.82) is 0 Å². The number of benzene rings is 1. The molecule has 0 bridgehead atoms. The van der Waals surface area contributed by atoms with Gasteiger partial charge >= 0.3 is 5.97 Å². The third-order valence-corrected chi connectivity index (χ3v) is 2.87. The Kier molecular flexibility index (Phi) is 4.10. The fraction of sp³-hybridized carbons (Fsp3) is 0.143. The molecule has 0 atom stereocenters. The molecule has 1 heterocycles. The van der Waals surface area contributed by atoms with Crippen LogP contribution in [0.25, 0.3) is 0 Å². The Morgan fingerprint density at radius 2 is 2.10 bits per heavy atom. The quantitative estimate of drug-likeness (QED) is 0.941. The molecule has 5 nitrogen and oxygen atoms in total. The lowest BCUT2D eigenvalue weighted by Crippen LogP contribution is -2.35. The number of aliphatic carboxylic acids is 1. The molecule has 0 aliphatic rings. The number of nitrogens with zero attached hydrogens (tertiary/aromatic N) is 1. The van der Waals surface area contributed by atoms with Crippen LogP contribution in [0.3, 0.4) is 0 Å². The Balaban J connectivity index is 2.37. The van der Waals surface area contributed by atoms with E-state index in [1.807, 2.05) is 0 Å². The summed E-state index contributed by atoms with van der Waals surface area (Å²) in [4.78, 5) is 24.5. The van der Waals surface area contributed by atoms with Crippen LogP contribution in [0.15, 0.2) is 41.0 Å². The second-order valence-electron chi connectivity index (χ2n) is 4.21. The number of furan rings is 1. The topological polar surface area (TPSA) is 70.8 Å². The molecule has 0 unspecified atom stereocenters. The monoisotopic (exact) mass is 293 g/mol. The van der Waals surface area contributed by atoms with Gasteiger partial charge in [-0.3, -0.25) is 14.5 Å². The number of carbonyl (C=O) groups is 2. The zero-order valence-corrected chi connectivity index (χ0v) is 11.4. The van der Waals surface area contributed by atoms with Crippen LogP contribution in [0.1, 0.15) is 16.1 Å². The first-order valence-electron chi connectivity index (χ1n) is 5.82. The van der Waals surface area contributed by atoms with Gasteiger partial charge in [0.1, 0.15) is 18.6 Å². The van der Waals surface area contributed by atoms with Gasteiger partial charge in [0.2, 0.25) is 0 Å². The van der Waals surface area contributed by atoms with Crippen LogP contribution in [-0.2, 0) is 4.79 Å². The molecule has 2 rings (SSSR count). The van der Waals surface area contributed by atoms with Gasteiger partial charge in [-0.1, -0.05) is 17.7 Å². The van der Waals surface area contributed by atoms with Crippen LogP contribution in [0.4, 0.5) is 5.69 Å². The Labute approximate surface area is 120 Å². The summed E-state index contributed by atoms with van der Waals surface area (Å²) in [6, 6.07) is 8.02. The van der Waals surface area contributed by atoms with Gasteiger partial charge < -0.3 is 9.52 Å². The van der Waals surface area contributed by atoms with E-state index >= 15 is 0 Å². The van der Waals surface area contributed by atoms with E-state index in [9.17, 15) is 9.59 Å². The summed E-state index contributed by atoms with van der Waals surface area (Å²) in [5.74, 6) is -0.986. The third-order valence-electron chi connectivity index (χ3n) is 2.64. The Bertz CT molecular complexity index is 650. The first kappa shape index (κ1) is 14.1. The molecule has 1 N–H and O–H groups in total. The van der Waals surface area contributed by atoms with E-state index in [2.05, 4.69) is 0 Å². The zero-order valence-electron chi connectivity index (χ0n) is 10.7. The summed E-state index contributed by atoms with van der Waals surface area (Å²) in [5, 5.41) is 9.39. The summed E-state index contributed by atoms with van der Waals surface area (Å²) in [6.45, 7) is 1.25. The Hall–Kier alpha value is -2.27. The number of rotatable bonds is 4. The fourth-order valence-electron chi connectivity index (χ4n) is 1.77. The normalized spacial score (nSPS) is 10.3. The minimum atomic E-state index is -1.11. The third kappa shape index (κ3) is 3.19. The molecule has 0 spiro atoms. The van der Waals surface area contributed by atoms with Crippen molar-refractivity contribution < 1.29 is 19.1 Å². The van der Waals surface area contributed by atoms with Gasteiger partial charge in [-0.15, -0.1) is 0 Å². The molecule has 0 saturated carbocycles. The Morgan fingerprint density at radius 3 is 2.65 bits per heavy atom. The van der Waals surface area contributed by atoms with Gasteiger partial charge in [0.25, 0.3) is 5.91 Å². The summed E-state index contributed by atoms with van der Waals surface area (Å²) >= 11 is 5.88. The molecule has 1 amide bonds. The SMILES string of the molecule is Cc1cc(C(=O)N(CC(=O)O)c2cccc(Cl)c2)co1. The number of amides is 1. The van der Waals surface area contributed by atoms with Crippen molar-refractivity contribution in [1.82, 2.24) is 0 Å². The van der Waals surface area contributed by atoms with Crippen molar-refractivity contribution in [3.05, 3.63) is 52.9 Å². The van der Waals surface area contributed by atoms with Gasteiger partial charge in [-0.2, -0.15) is 0 Å². The minimum Gasteiger partial charge on any atom is -0.480 e. The smallest absolute Gasteiger partial charge is 0.323 e. The van der Waals surface area contributed by atoms with Crippen LogP contribution in [0, 0.1) is 6.92 Å². The van der Waals surface area contributed by atoms with Crippen molar-refractivity contribution in [2.45, 2.75) is 6.92 Å². The Morgan fingerprint density at radius 1 is 1.35 bits per heavy atom. The minimum absolute atomic E-state index is 0.295.